The first-order chi connectivity index (χ1) is 10.0. The predicted molar refractivity (Wildman–Crippen MR) is 76.6 cm³/mol. The van der Waals surface area contributed by atoms with E-state index in [4.69, 9.17) is 5.11 Å². The number of carboxylic acid groups (broad SMARTS) is 2. The molecule has 0 aliphatic rings. The molecule has 0 spiro atoms. The summed E-state index contributed by atoms with van der Waals surface area (Å²) in [4.78, 5) is 22.6. The molecule has 0 aromatic heterocycles. The van der Waals surface area contributed by atoms with Gasteiger partial charge in [-0.15, -0.1) is 0 Å². The molecule has 0 radical (unpaired) electrons. The minimum Gasteiger partial charge on any atom is -0.480 e. The predicted octanol–water partition coefficient (Wildman–Crippen LogP) is 2.32. The molecule has 108 valence electrons. The average molecular weight is 304 g/mol. The van der Waals surface area contributed by atoms with Crippen molar-refractivity contribution in [2.24, 2.45) is 0 Å². The summed E-state index contributed by atoms with van der Waals surface area (Å²) in [5.41, 5.74) is 0.210. The van der Waals surface area contributed by atoms with Gasteiger partial charge in [-0.2, -0.15) is 0 Å². The van der Waals surface area contributed by atoms with Crippen LogP contribution in [0.25, 0.3) is 0 Å². The third-order valence-corrected chi connectivity index (χ3v) is 4.57. The fourth-order valence-corrected chi connectivity index (χ4v) is 3.36. The fourth-order valence-electron chi connectivity index (χ4n) is 1.93. The third-order valence-electron chi connectivity index (χ3n) is 2.87. The second kappa shape index (κ2) is 6.32. The van der Waals surface area contributed by atoms with Gasteiger partial charge < -0.3 is 10.2 Å². The van der Waals surface area contributed by atoms with Gasteiger partial charge in [0, 0.05) is 0 Å². The number of benzene rings is 2. The maximum atomic E-state index is 12.6. The van der Waals surface area contributed by atoms with Crippen LogP contribution in [0.15, 0.2) is 59.5 Å². The summed E-state index contributed by atoms with van der Waals surface area (Å²) in [6, 6.07) is 13.8. The largest absolute Gasteiger partial charge is 0.480 e. The van der Waals surface area contributed by atoms with Gasteiger partial charge in [-0.25, -0.2) is 4.79 Å². The Bertz CT molecular complexity index is 696. The van der Waals surface area contributed by atoms with Gasteiger partial charge in [0.15, 0.2) is 5.25 Å². The number of aliphatic carboxylic acids is 1. The summed E-state index contributed by atoms with van der Waals surface area (Å²) in [6.45, 7) is 0. The van der Waals surface area contributed by atoms with Crippen molar-refractivity contribution < 1.29 is 24.0 Å². The lowest BCUT2D eigenvalue weighted by molar-refractivity contribution is -0.136. The highest BCUT2D eigenvalue weighted by atomic mass is 32.2. The average Bonchev–Trinajstić information content (AvgIpc) is 2.48. The summed E-state index contributed by atoms with van der Waals surface area (Å²) >= 11 is 0. The highest BCUT2D eigenvalue weighted by Crippen LogP contribution is 2.27. The second-order valence-corrected chi connectivity index (χ2v) is 5.73. The minimum atomic E-state index is -2.01. The lowest BCUT2D eigenvalue weighted by atomic mass is 10.1. The van der Waals surface area contributed by atoms with Crippen LogP contribution in [0.4, 0.5) is 0 Å². The third kappa shape index (κ3) is 3.17. The number of hydrogen-bond donors (Lipinski definition) is 2. The van der Waals surface area contributed by atoms with E-state index in [-0.39, 0.29) is 10.5 Å². The van der Waals surface area contributed by atoms with Crippen molar-refractivity contribution in [2.75, 3.05) is 0 Å². The monoisotopic (exact) mass is 304 g/mol. The van der Waals surface area contributed by atoms with Crippen LogP contribution in [0.3, 0.4) is 0 Å². The van der Waals surface area contributed by atoms with E-state index in [0.29, 0.717) is 5.56 Å². The molecule has 0 aliphatic carbocycles. The van der Waals surface area contributed by atoms with Crippen molar-refractivity contribution in [3.63, 3.8) is 0 Å². The van der Waals surface area contributed by atoms with Crippen molar-refractivity contribution in [3.8, 4) is 0 Å². The number of carboxylic acids is 2. The van der Waals surface area contributed by atoms with Gasteiger partial charge in [0.1, 0.15) is 0 Å². The maximum Gasteiger partial charge on any atom is 0.336 e. The van der Waals surface area contributed by atoms with Crippen LogP contribution in [0.5, 0.6) is 0 Å². The van der Waals surface area contributed by atoms with Crippen LogP contribution < -0.4 is 0 Å². The van der Waals surface area contributed by atoms with Crippen LogP contribution in [0.2, 0.25) is 0 Å². The number of aromatic carboxylic acids is 1. The van der Waals surface area contributed by atoms with Gasteiger partial charge in [0.05, 0.1) is 21.3 Å². The zero-order valence-corrected chi connectivity index (χ0v) is 11.6. The molecule has 0 fully saturated rings. The van der Waals surface area contributed by atoms with E-state index in [2.05, 4.69) is 0 Å². The molecule has 2 rings (SSSR count). The Hall–Kier alpha value is -2.47. The normalized spacial score (nSPS) is 13.3. The molecule has 21 heavy (non-hydrogen) atoms. The summed E-state index contributed by atoms with van der Waals surface area (Å²) in [5.74, 6) is -2.50. The van der Waals surface area contributed by atoms with Gasteiger partial charge in [0.25, 0.3) is 0 Å². The zero-order valence-electron chi connectivity index (χ0n) is 10.8. The summed E-state index contributed by atoms with van der Waals surface area (Å²) < 4.78 is 12.6. The van der Waals surface area contributed by atoms with E-state index in [0.717, 1.165) is 0 Å². The molecule has 6 heteroatoms. The molecule has 2 atom stereocenters. The van der Waals surface area contributed by atoms with Crippen LogP contribution in [-0.4, -0.2) is 26.4 Å². The Kier molecular flexibility index (Phi) is 4.49. The molecule has 0 amide bonds. The van der Waals surface area contributed by atoms with Gasteiger partial charge in [-0.05, 0) is 17.7 Å². The Morgan fingerprint density at radius 3 is 2.05 bits per heavy atom. The second-order valence-electron chi connectivity index (χ2n) is 4.23. The quantitative estimate of drug-likeness (QED) is 0.884. The van der Waals surface area contributed by atoms with E-state index in [1.807, 2.05) is 0 Å². The summed E-state index contributed by atoms with van der Waals surface area (Å²) in [7, 11) is -2.01. The zero-order chi connectivity index (χ0) is 15.4. The fraction of sp³-hybridized carbons (Fsp3) is 0.0667. The van der Waals surface area contributed by atoms with Crippen molar-refractivity contribution >= 4 is 22.7 Å². The van der Waals surface area contributed by atoms with Crippen molar-refractivity contribution in [1.29, 1.82) is 0 Å². The van der Waals surface area contributed by atoms with Crippen molar-refractivity contribution in [1.82, 2.24) is 0 Å². The molecule has 0 aliphatic heterocycles. The van der Waals surface area contributed by atoms with E-state index in [1.165, 1.54) is 24.3 Å². The van der Waals surface area contributed by atoms with Crippen molar-refractivity contribution in [2.45, 2.75) is 10.1 Å². The standard InChI is InChI=1S/C15H12O5S/c16-14(17)11-8-4-5-9-12(11)21(20)13(15(18)19)10-6-2-1-3-7-10/h1-9,13H,(H,16,17)(H,18,19)/t13-,21-/m1/s1. The number of hydrogen-bond acceptors (Lipinski definition) is 3. The van der Waals surface area contributed by atoms with E-state index < -0.39 is 28.0 Å². The number of carbonyl (C=O) groups is 2. The first-order valence-electron chi connectivity index (χ1n) is 6.03. The molecule has 5 nitrogen and oxygen atoms in total. The smallest absolute Gasteiger partial charge is 0.336 e. The minimum absolute atomic E-state index is 0.00116. The molecule has 0 heterocycles. The maximum absolute atomic E-state index is 12.6. The molecule has 0 saturated carbocycles. The topological polar surface area (TPSA) is 91.7 Å². The van der Waals surface area contributed by atoms with Crippen LogP contribution in [0.1, 0.15) is 21.2 Å². The van der Waals surface area contributed by atoms with Crippen LogP contribution in [0, 0.1) is 0 Å². The van der Waals surface area contributed by atoms with Crippen LogP contribution >= 0.6 is 0 Å². The van der Waals surface area contributed by atoms with Gasteiger partial charge in [0.2, 0.25) is 0 Å². The highest BCUT2D eigenvalue weighted by molar-refractivity contribution is 7.86. The van der Waals surface area contributed by atoms with Crippen LogP contribution in [-0.2, 0) is 15.6 Å². The van der Waals surface area contributed by atoms with Gasteiger partial charge in [-0.3, -0.25) is 9.00 Å². The summed E-state index contributed by atoms with van der Waals surface area (Å²) in [5, 5.41) is 17.2. The molecule has 0 unspecified atom stereocenters. The molecular formula is C15H12O5S. The molecule has 0 bridgehead atoms. The van der Waals surface area contributed by atoms with E-state index >= 15 is 0 Å². The molecule has 2 aromatic rings. The lowest BCUT2D eigenvalue weighted by Crippen LogP contribution is -2.19. The summed E-state index contributed by atoms with van der Waals surface area (Å²) in [6.07, 6.45) is 0. The van der Waals surface area contributed by atoms with E-state index in [1.54, 1.807) is 30.3 Å². The highest BCUT2D eigenvalue weighted by Gasteiger charge is 2.30. The Labute approximate surface area is 123 Å². The SMILES string of the molecule is O=C(O)c1ccccc1[S@@](=O)[C@@H](C(=O)O)c1ccccc1. The van der Waals surface area contributed by atoms with Crippen molar-refractivity contribution in [3.05, 3.63) is 65.7 Å². The Morgan fingerprint density at radius 2 is 1.48 bits per heavy atom. The molecule has 2 N–H and O–H groups in total. The lowest BCUT2D eigenvalue weighted by Gasteiger charge is -2.14. The first kappa shape index (κ1) is 14.9. The van der Waals surface area contributed by atoms with Gasteiger partial charge in [-0.1, -0.05) is 42.5 Å². The number of rotatable bonds is 5. The van der Waals surface area contributed by atoms with E-state index in [9.17, 15) is 18.9 Å². The first-order valence-corrected chi connectivity index (χ1v) is 7.24. The molecule has 2 aromatic carbocycles. The molecule has 0 saturated heterocycles. The van der Waals surface area contributed by atoms with Gasteiger partial charge >= 0.3 is 11.9 Å². The Balaban J connectivity index is 2.51. The Morgan fingerprint density at radius 1 is 0.905 bits per heavy atom. The molecular weight excluding hydrogens is 292 g/mol.